The van der Waals surface area contributed by atoms with Gasteiger partial charge in [-0.3, -0.25) is 0 Å². The molecule has 0 N–H and O–H groups in total. The predicted octanol–water partition coefficient (Wildman–Crippen LogP) is 5.38. The third kappa shape index (κ3) is 4.07. The summed E-state index contributed by atoms with van der Waals surface area (Å²) >= 11 is 2.45. The minimum absolute atomic E-state index is 0.0586. The van der Waals surface area contributed by atoms with Gasteiger partial charge in [-0.1, -0.05) is 0 Å². The van der Waals surface area contributed by atoms with Crippen LogP contribution in [0.2, 0.25) is 0 Å². The molecule has 2 aromatic rings. The van der Waals surface area contributed by atoms with Crippen molar-refractivity contribution in [2.24, 2.45) is 0 Å². The molecule has 0 spiro atoms. The molecule has 28 heavy (non-hydrogen) atoms. The Morgan fingerprint density at radius 3 is 1.43 bits per heavy atom. The van der Waals surface area contributed by atoms with E-state index in [0.29, 0.717) is 9.75 Å². The molecule has 4 nitrogen and oxygen atoms in total. The summed E-state index contributed by atoms with van der Waals surface area (Å²) in [5.74, 6) is -0.117. The number of rotatable bonds is 3. The zero-order chi connectivity index (χ0) is 20.1. The maximum Gasteiger partial charge on any atom is 0.668 e. The lowest BCUT2D eigenvalue weighted by Crippen LogP contribution is -2.38. The lowest BCUT2D eigenvalue weighted by Gasteiger charge is -2.29. The van der Waals surface area contributed by atoms with Gasteiger partial charge in [-0.15, -0.1) is 0 Å². The average molecular weight is 430 g/mol. The van der Waals surface area contributed by atoms with Crippen molar-refractivity contribution in [3.05, 3.63) is 46.2 Å². The highest BCUT2D eigenvalue weighted by molar-refractivity contribution is 7.23. The van der Waals surface area contributed by atoms with Gasteiger partial charge in [-0.2, -0.15) is 0 Å². The van der Waals surface area contributed by atoms with Crippen LogP contribution in [0.5, 0.6) is 0 Å². The highest BCUT2D eigenvalue weighted by Crippen LogP contribution is 2.41. The molecule has 2 aliphatic heterocycles. The fourth-order valence-corrected chi connectivity index (χ4v) is 4.76. The second-order valence-corrected chi connectivity index (χ2v) is 8.30. The molecule has 0 fully saturated rings. The smallest absolute Gasteiger partial charge is 0.600 e. The van der Waals surface area contributed by atoms with Crippen molar-refractivity contribution < 1.29 is 35.9 Å². The van der Waals surface area contributed by atoms with Crippen LogP contribution in [0.15, 0.2) is 24.3 Å². The third-order valence-electron chi connectivity index (χ3n) is 3.81. The van der Waals surface area contributed by atoms with Gasteiger partial charge in [0.05, 0.1) is 9.75 Å². The van der Waals surface area contributed by atoms with E-state index in [9.17, 15) is 17.3 Å². The number of hydrogen-bond acceptors (Lipinski definition) is 6. The molecule has 0 saturated carbocycles. The summed E-state index contributed by atoms with van der Waals surface area (Å²) in [5.41, 5.74) is 0. The van der Waals surface area contributed by atoms with E-state index >= 15 is 0 Å². The minimum Gasteiger partial charge on any atom is -0.600 e. The molecular formula is C16H12B2F4O4S2. The Morgan fingerprint density at radius 2 is 1.07 bits per heavy atom. The maximum atomic E-state index is 13.5. The SMILES string of the molecule is CC1[C+]=C(c2ccc(-c3ccc(C4=[C+]C(C)O[B-](F)(F)O4)s3)s2)O[B-](F)(F)O1. The molecule has 0 amide bonds. The molecule has 0 bridgehead atoms. The van der Waals surface area contributed by atoms with Gasteiger partial charge in [-0.25, -0.2) is 0 Å². The lowest BCUT2D eigenvalue weighted by molar-refractivity contribution is 0.0894. The van der Waals surface area contributed by atoms with Crippen LogP contribution in [-0.2, 0) is 18.6 Å². The monoisotopic (exact) mass is 430 g/mol. The van der Waals surface area contributed by atoms with E-state index < -0.39 is 26.4 Å². The zero-order valence-corrected chi connectivity index (χ0v) is 16.2. The third-order valence-corrected chi connectivity index (χ3v) is 6.17. The maximum absolute atomic E-state index is 13.5. The molecule has 4 rings (SSSR count). The highest BCUT2D eigenvalue weighted by atomic mass is 32.1. The van der Waals surface area contributed by atoms with Crippen LogP contribution >= 0.6 is 22.7 Å². The van der Waals surface area contributed by atoms with E-state index in [2.05, 4.69) is 30.8 Å². The van der Waals surface area contributed by atoms with Gasteiger partial charge >= 0.3 is 25.7 Å². The summed E-state index contributed by atoms with van der Waals surface area (Å²) in [6.45, 7) is 2.91. The molecule has 12 heteroatoms. The van der Waals surface area contributed by atoms with Crippen molar-refractivity contribution >= 4 is 48.4 Å². The van der Waals surface area contributed by atoms with E-state index in [1.165, 1.54) is 36.5 Å². The predicted molar refractivity (Wildman–Crippen MR) is 100 cm³/mol. The van der Waals surface area contributed by atoms with Gasteiger partial charge in [0.1, 0.15) is 12.2 Å². The van der Waals surface area contributed by atoms with Crippen molar-refractivity contribution in [2.75, 3.05) is 0 Å². The minimum atomic E-state index is -4.39. The number of halogens is 4. The van der Waals surface area contributed by atoms with Crippen LogP contribution in [0, 0.1) is 12.2 Å². The quantitative estimate of drug-likeness (QED) is 0.372. The topological polar surface area (TPSA) is 36.9 Å². The van der Waals surface area contributed by atoms with Gasteiger partial charge in [0, 0.05) is 12.1 Å². The zero-order valence-electron chi connectivity index (χ0n) is 14.6. The molecule has 0 aromatic carbocycles. The molecular weight excluding hydrogens is 418 g/mol. The largest absolute Gasteiger partial charge is 0.668 e. The number of thiophene rings is 2. The molecule has 2 aliphatic rings. The molecule has 2 unspecified atom stereocenters. The van der Waals surface area contributed by atoms with Gasteiger partial charge in [0.15, 0.2) is 12.2 Å². The van der Waals surface area contributed by atoms with Crippen molar-refractivity contribution in [3.8, 4) is 9.75 Å². The molecule has 0 radical (unpaired) electrons. The normalized spacial score (nSPS) is 25.5. The molecule has 2 aromatic heterocycles. The molecule has 0 saturated heterocycles. The fourth-order valence-electron chi connectivity index (χ4n) is 2.75. The Bertz CT molecular complexity index is 880. The first-order valence-electron chi connectivity index (χ1n) is 8.32. The standard InChI is InChI=1S/C16H12B2F4O4S2/c1-9-7-11(25-17(19,20)23-9)13-3-5-15(27-13)16-6-4-14(28-16)12-8-10(2)24-18(21,22)26-12/h3-6,9-10H,1-2H3. The highest BCUT2D eigenvalue weighted by Gasteiger charge is 2.43. The molecule has 4 heterocycles. The van der Waals surface area contributed by atoms with Crippen LogP contribution in [0.4, 0.5) is 17.3 Å². The summed E-state index contributed by atoms with van der Waals surface area (Å²) in [7, 11) is -8.77. The van der Waals surface area contributed by atoms with E-state index in [-0.39, 0.29) is 11.5 Å². The van der Waals surface area contributed by atoms with Crippen LogP contribution in [-0.4, -0.2) is 26.4 Å². The Labute approximate surface area is 166 Å². The average Bonchev–Trinajstić information content (AvgIpc) is 3.20. The van der Waals surface area contributed by atoms with Gasteiger partial charge < -0.3 is 35.9 Å². The van der Waals surface area contributed by atoms with Crippen LogP contribution in [0.3, 0.4) is 0 Å². The Hall–Kier alpha value is -1.93. The van der Waals surface area contributed by atoms with Gasteiger partial charge in [0.25, 0.3) is 0 Å². The van der Waals surface area contributed by atoms with E-state index in [1.807, 2.05) is 0 Å². The van der Waals surface area contributed by atoms with Crippen LogP contribution < -0.4 is 0 Å². The summed E-state index contributed by atoms with van der Waals surface area (Å²) in [5, 5.41) is 0. The van der Waals surface area contributed by atoms with Crippen molar-refractivity contribution in [1.82, 2.24) is 0 Å². The van der Waals surface area contributed by atoms with Crippen molar-refractivity contribution in [2.45, 2.75) is 26.1 Å². The van der Waals surface area contributed by atoms with Crippen LogP contribution in [0.1, 0.15) is 23.6 Å². The van der Waals surface area contributed by atoms with Crippen molar-refractivity contribution in [3.63, 3.8) is 0 Å². The molecule has 146 valence electrons. The van der Waals surface area contributed by atoms with E-state index in [4.69, 9.17) is 0 Å². The fraction of sp³-hybridized carbons (Fsp3) is 0.250. The van der Waals surface area contributed by atoms with Gasteiger partial charge in [-0.05, 0) is 48.7 Å². The Morgan fingerprint density at radius 1 is 0.714 bits per heavy atom. The second kappa shape index (κ2) is 6.84. The Balaban J connectivity index is 1.58. The van der Waals surface area contributed by atoms with Gasteiger partial charge in [0.2, 0.25) is 9.75 Å². The van der Waals surface area contributed by atoms with Crippen molar-refractivity contribution in [1.29, 1.82) is 0 Å². The summed E-state index contributed by atoms with van der Waals surface area (Å²) in [6, 6.07) is 6.76. The first-order chi connectivity index (χ1) is 13.1. The van der Waals surface area contributed by atoms with E-state index in [1.54, 1.807) is 24.3 Å². The summed E-state index contributed by atoms with van der Waals surface area (Å²) in [6.07, 6.45) is 3.65. The first-order valence-corrected chi connectivity index (χ1v) is 9.95. The number of hydrogen-bond donors (Lipinski definition) is 0. The summed E-state index contributed by atoms with van der Waals surface area (Å²) < 4.78 is 72.0. The molecule has 2 atom stereocenters. The summed E-state index contributed by atoms with van der Waals surface area (Å²) in [4.78, 5) is 2.46. The molecule has 0 aliphatic carbocycles. The first kappa shape index (κ1) is 19.4. The Kier molecular flexibility index (Phi) is 4.74. The second-order valence-electron chi connectivity index (χ2n) is 6.14. The van der Waals surface area contributed by atoms with E-state index in [0.717, 1.165) is 9.75 Å². The lowest BCUT2D eigenvalue weighted by atomic mass is 10.1. The van der Waals surface area contributed by atoms with Crippen LogP contribution in [0.25, 0.3) is 21.3 Å².